The minimum Gasteiger partial charge on any atom is -0.0619 e. The predicted molar refractivity (Wildman–Crippen MR) is 247 cm³/mol. The third-order valence-electron chi connectivity index (χ3n) is 12.9. The molecular weight excluding hydrogens is 709 g/mol. The summed E-state index contributed by atoms with van der Waals surface area (Å²) in [6.07, 6.45) is 0. The summed E-state index contributed by atoms with van der Waals surface area (Å²) in [5, 5.41) is 2.53. The Morgan fingerprint density at radius 2 is 0.525 bits per heavy atom. The van der Waals surface area contributed by atoms with E-state index in [9.17, 15) is 0 Å². The van der Waals surface area contributed by atoms with Gasteiger partial charge in [0.1, 0.15) is 0 Å². The maximum Gasteiger partial charge on any atom is 0.0725 e. The van der Waals surface area contributed by atoms with Crippen molar-refractivity contribution in [2.24, 2.45) is 0 Å². The van der Waals surface area contributed by atoms with Crippen molar-refractivity contribution in [3.8, 4) is 77.9 Å². The highest BCUT2D eigenvalue weighted by Crippen LogP contribution is 2.63. The molecule has 0 N–H and O–H groups in total. The van der Waals surface area contributed by atoms with E-state index in [1.807, 2.05) is 0 Å². The van der Waals surface area contributed by atoms with E-state index in [-0.39, 0.29) is 5.41 Å². The second-order valence-electron chi connectivity index (χ2n) is 16.0. The van der Waals surface area contributed by atoms with E-state index < -0.39 is 0 Å². The molecule has 0 nitrogen and oxygen atoms in total. The molecule has 274 valence electrons. The largest absolute Gasteiger partial charge is 0.0725 e. The Morgan fingerprint density at radius 1 is 0.186 bits per heavy atom. The van der Waals surface area contributed by atoms with Crippen LogP contribution in [0.3, 0.4) is 0 Å². The summed E-state index contributed by atoms with van der Waals surface area (Å²) in [6.45, 7) is 0. The molecule has 0 aliphatic heterocycles. The second kappa shape index (κ2) is 13.3. The molecule has 12 rings (SSSR count). The summed E-state index contributed by atoms with van der Waals surface area (Å²) < 4.78 is 0. The van der Waals surface area contributed by atoms with Crippen LogP contribution in [0.25, 0.3) is 88.7 Å². The van der Waals surface area contributed by atoms with Crippen LogP contribution in [0.1, 0.15) is 22.3 Å². The van der Waals surface area contributed by atoms with E-state index in [1.54, 1.807) is 0 Å². The molecule has 0 fully saturated rings. The first kappa shape index (κ1) is 33.6. The molecule has 0 aromatic heterocycles. The maximum absolute atomic E-state index is 2.47. The van der Waals surface area contributed by atoms with Gasteiger partial charge >= 0.3 is 0 Å². The molecule has 0 heterocycles. The Hall–Kier alpha value is -7.54. The fraction of sp³-hybridized carbons (Fsp3) is 0.0169. The first-order chi connectivity index (χ1) is 29.2. The molecule has 0 amide bonds. The Kier molecular flexibility index (Phi) is 7.55. The minimum absolute atomic E-state index is 0.347. The highest BCUT2D eigenvalue weighted by molar-refractivity contribution is 5.96. The predicted octanol–water partition coefficient (Wildman–Crippen LogP) is 15.5. The van der Waals surface area contributed by atoms with Gasteiger partial charge in [-0.1, -0.05) is 200 Å². The normalized spacial score (nSPS) is 12.9. The van der Waals surface area contributed by atoms with Crippen LogP contribution in [0.2, 0.25) is 0 Å². The van der Waals surface area contributed by atoms with Gasteiger partial charge in [-0.15, -0.1) is 0 Å². The fourth-order valence-electron chi connectivity index (χ4n) is 10.1. The molecule has 0 atom stereocenters. The monoisotopic (exact) mass is 746 g/mol. The molecular formula is C59H38. The number of fused-ring (bicyclic) bond motifs is 11. The van der Waals surface area contributed by atoms with E-state index in [4.69, 9.17) is 0 Å². The van der Waals surface area contributed by atoms with Gasteiger partial charge in [0.25, 0.3) is 0 Å². The smallest absolute Gasteiger partial charge is 0.0619 e. The lowest BCUT2D eigenvalue weighted by atomic mass is 9.70. The van der Waals surface area contributed by atoms with Crippen molar-refractivity contribution in [1.82, 2.24) is 0 Å². The molecule has 0 bridgehead atoms. The van der Waals surface area contributed by atoms with Crippen molar-refractivity contribution >= 4 is 10.8 Å². The van der Waals surface area contributed by atoms with Gasteiger partial charge in [0, 0.05) is 0 Å². The SMILES string of the molecule is c1cc(-c2ccc(-c3cccc(-c4ccc5c(c4)C4(c6ccccc6-c6ccccc64)c4ccccc4-5)c3)cc2)cc(-c2cccc(-c3ccc4ccccc4c3)c2)c1. The van der Waals surface area contributed by atoms with Gasteiger partial charge < -0.3 is 0 Å². The van der Waals surface area contributed by atoms with Crippen LogP contribution in [-0.4, -0.2) is 0 Å². The minimum atomic E-state index is -0.347. The quantitative estimate of drug-likeness (QED) is 0.165. The zero-order valence-electron chi connectivity index (χ0n) is 32.4. The van der Waals surface area contributed by atoms with Gasteiger partial charge in [-0.25, -0.2) is 0 Å². The van der Waals surface area contributed by atoms with Crippen LogP contribution in [0, 0.1) is 0 Å². The summed E-state index contributed by atoms with van der Waals surface area (Å²) in [5.41, 5.74) is 22.6. The first-order valence-corrected chi connectivity index (χ1v) is 20.6. The average molecular weight is 747 g/mol. The van der Waals surface area contributed by atoms with Crippen molar-refractivity contribution < 1.29 is 0 Å². The van der Waals surface area contributed by atoms with Crippen LogP contribution in [-0.2, 0) is 5.41 Å². The maximum atomic E-state index is 2.47. The number of hydrogen-bond acceptors (Lipinski definition) is 0. The fourth-order valence-corrected chi connectivity index (χ4v) is 10.1. The van der Waals surface area contributed by atoms with Crippen molar-refractivity contribution in [1.29, 1.82) is 0 Å². The molecule has 0 saturated carbocycles. The Morgan fingerprint density at radius 3 is 1.02 bits per heavy atom. The highest BCUT2D eigenvalue weighted by Gasteiger charge is 2.51. The summed E-state index contributed by atoms with van der Waals surface area (Å²) >= 11 is 0. The van der Waals surface area contributed by atoms with Gasteiger partial charge in [0.2, 0.25) is 0 Å². The van der Waals surface area contributed by atoms with Gasteiger partial charge in [-0.2, -0.15) is 0 Å². The molecule has 1 spiro atoms. The molecule has 0 radical (unpaired) electrons. The molecule has 2 aliphatic rings. The van der Waals surface area contributed by atoms with Crippen molar-refractivity contribution in [2.75, 3.05) is 0 Å². The molecule has 0 heteroatoms. The Bertz CT molecular complexity index is 3210. The second-order valence-corrected chi connectivity index (χ2v) is 16.0. The zero-order chi connectivity index (χ0) is 38.9. The Balaban J connectivity index is 0.870. The summed E-state index contributed by atoms with van der Waals surface area (Å²) in [5.74, 6) is 0. The van der Waals surface area contributed by atoms with Crippen molar-refractivity contribution in [3.05, 3.63) is 253 Å². The highest BCUT2D eigenvalue weighted by atomic mass is 14.5. The lowest BCUT2D eigenvalue weighted by molar-refractivity contribution is 0.794. The van der Waals surface area contributed by atoms with Gasteiger partial charge in [-0.3, -0.25) is 0 Å². The molecule has 59 heavy (non-hydrogen) atoms. The van der Waals surface area contributed by atoms with Crippen LogP contribution in [0.4, 0.5) is 0 Å². The number of rotatable bonds is 5. The van der Waals surface area contributed by atoms with Crippen LogP contribution < -0.4 is 0 Å². The van der Waals surface area contributed by atoms with Gasteiger partial charge in [0.15, 0.2) is 0 Å². The van der Waals surface area contributed by atoms with E-state index in [0.29, 0.717) is 0 Å². The van der Waals surface area contributed by atoms with Gasteiger partial charge in [0.05, 0.1) is 5.41 Å². The summed E-state index contributed by atoms with van der Waals surface area (Å²) in [6, 6.07) is 85.4. The topological polar surface area (TPSA) is 0 Å². The van der Waals surface area contributed by atoms with Crippen LogP contribution in [0.15, 0.2) is 231 Å². The molecule has 10 aromatic rings. The zero-order valence-corrected chi connectivity index (χ0v) is 32.4. The summed E-state index contributed by atoms with van der Waals surface area (Å²) in [4.78, 5) is 0. The van der Waals surface area contributed by atoms with Crippen molar-refractivity contribution in [3.63, 3.8) is 0 Å². The number of hydrogen-bond donors (Lipinski definition) is 0. The van der Waals surface area contributed by atoms with E-state index >= 15 is 0 Å². The van der Waals surface area contributed by atoms with E-state index in [1.165, 1.54) is 111 Å². The summed E-state index contributed by atoms with van der Waals surface area (Å²) in [7, 11) is 0. The third-order valence-corrected chi connectivity index (χ3v) is 12.9. The average Bonchev–Trinajstić information content (AvgIpc) is 3.79. The van der Waals surface area contributed by atoms with Crippen LogP contribution in [0.5, 0.6) is 0 Å². The van der Waals surface area contributed by atoms with Crippen molar-refractivity contribution in [2.45, 2.75) is 5.41 Å². The Labute approximate surface area is 345 Å². The molecule has 0 unspecified atom stereocenters. The van der Waals surface area contributed by atoms with E-state index in [0.717, 1.165) is 0 Å². The van der Waals surface area contributed by atoms with Gasteiger partial charge in [-0.05, 0) is 141 Å². The van der Waals surface area contributed by atoms with Crippen LogP contribution >= 0.6 is 0 Å². The molecule has 10 aromatic carbocycles. The van der Waals surface area contributed by atoms with E-state index in [2.05, 4.69) is 231 Å². The number of benzene rings is 10. The molecule has 2 aliphatic carbocycles. The third kappa shape index (κ3) is 5.23. The lowest BCUT2D eigenvalue weighted by Gasteiger charge is -2.30. The standard InChI is InChI=1S/C59H38/c1-2-13-42-36-49(31-30-39(42)12-1)47-18-11-17-46(37-47)45-16-9-14-43(34-45)40-26-28-41(29-27-40)44-15-10-19-48(35-44)50-32-33-54-53-22-5-8-25-57(53)59(58(54)38-50)55-23-6-3-20-51(55)52-21-4-7-24-56(52)59/h1-38H. The first-order valence-electron chi connectivity index (χ1n) is 20.6. The lowest BCUT2D eigenvalue weighted by Crippen LogP contribution is -2.25. The molecule has 0 saturated heterocycles.